The van der Waals surface area contributed by atoms with E-state index in [0.717, 1.165) is 45.0 Å². The number of hydrogen-bond acceptors (Lipinski definition) is 5. The Bertz CT molecular complexity index is 333. The first kappa shape index (κ1) is 15.9. The summed E-state index contributed by atoms with van der Waals surface area (Å²) in [6.45, 7) is 6.30. The third-order valence-electron chi connectivity index (χ3n) is 2.74. The maximum absolute atomic E-state index is 5.38. The minimum absolute atomic E-state index is 0.697. The van der Waals surface area contributed by atoms with Crippen molar-refractivity contribution in [1.29, 1.82) is 0 Å². The van der Waals surface area contributed by atoms with Crippen LogP contribution in [0.25, 0.3) is 0 Å². The first-order valence-electron chi connectivity index (χ1n) is 6.82. The molecular formula is C14H26N4O. The predicted octanol–water partition coefficient (Wildman–Crippen LogP) is -0.0773. The van der Waals surface area contributed by atoms with Crippen LogP contribution in [-0.4, -0.2) is 46.4 Å². The molecule has 1 rings (SSSR count). The molecule has 5 nitrogen and oxygen atoms in total. The van der Waals surface area contributed by atoms with Crippen LogP contribution in [0.5, 0.6) is 5.75 Å². The van der Waals surface area contributed by atoms with Crippen LogP contribution < -0.4 is 26.4 Å². The van der Waals surface area contributed by atoms with Gasteiger partial charge >= 0.3 is 0 Å². The molecule has 0 radical (unpaired) electrons. The summed E-state index contributed by atoms with van der Waals surface area (Å²) in [7, 11) is 1.69. The summed E-state index contributed by atoms with van der Waals surface area (Å²) in [5.41, 5.74) is 6.62. The zero-order valence-corrected chi connectivity index (χ0v) is 11.7. The zero-order valence-electron chi connectivity index (χ0n) is 11.7. The van der Waals surface area contributed by atoms with Crippen molar-refractivity contribution >= 4 is 0 Å². The summed E-state index contributed by atoms with van der Waals surface area (Å²) in [5, 5.41) is 10.0. The number of methoxy groups -OCH3 is 1. The average molecular weight is 266 g/mol. The highest BCUT2D eigenvalue weighted by Gasteiger charge is 1.95. The van der Waals surface area contributed by atoms with E-state index in [1.807, 2.05) is 12.1 Å². The minimum Gasteiger partial charge on any atom is -0.497 e. The lowest BCUT2D eigenvalue weighted by Gasteiger charge is -2.08. The number of nitrogens with one attached hydrogen (secondary N) is 3. The lowest BCUT2D eigenvalue weighted by atomic mass is 10.2. The highest BCUT2D eigenvalue weighted by molar-refractivity contribution is 5.28. The van der Waals surface area contributed by atoms with Gasteiger partial charge in [0.05, 0.1) is 7.11 Å². The van der Waals surface area contributed by atoms with Crippen LogP contribution in [0.15, 0.2) is 24.3 Å². The Hall–Kier alpha value is -1.14. The quantitative estimate of drug-likeness (QED) is 0.422. The van der Waals surface area contributed by atoms with Crippen molar-refractivity contribution in [3.8, 4) is 5.75 Å². The molecule has 1 aromatic rings. The largest absolute Gasteiger partial charge is 0.497 e. The molecule has 108 valence electrons. The standard InChI is InChI=1S/C14H26N4O/c1-19-14-4-2-3-13(11-14)12-18-10-9-17-8-7-16-6-5-15/h2-4,11,16-18H,5-10,12,15H2,1H3. The number of ether oxygens (including phenoxy) is 1. The average Bonchev–Trinajstić information content (AvgIpc) is 2.46. The maximum Gasteiger partial charge on any atom is 0.119 e. The lowest BCUT2D eigenvalue weighted by Crippen LogP contribution is -2.34. The van der Waals surface area contributed by atoms with Crippen molar-refractivity contribution in [2.75, 3.05) is 46.4 Å². The summed E-state index contributed by atoms with van der Waals surface area (Å²) in [6.07, 6.45) is 0. The van der Waals surface area contributed by atoms with Crippen LogP contribution in [0.4, 0.5) is 0 Å². The van der Waals surface area contributed by atoms with Gasteiger partial charge in [-0.1, -0.05) is 12.1 Å². The normalized spacial score (nSPS) is 10.6. The van der Waals surface area contributed by atoms with E-state index in [-0.39, 0.29) is 0 Å². The molecule has 0 spiro atoms. The van der Waals surface area contributed by atoms with E-state index in [9.17, 15) is 0 Å². The molecule has 0 bridgehead atoms. The van der Waals surface area contributed by atoms with Gasteiger partial charge in [-0.25, -0.2) is 0 Å². The third-order valence-corrected chi connectivity index (χ3v) is 2.74. The minimum atomic E-state index is 0.697. The molecule has 0 saturated heterocycles. The van der Waals surface area contributed by atoms with Crippen molar-refractivity contribution in [1.82, 2.24) is 16.0 Å². The number of rotatable bonds is 11. The Balaban J connectivity index is 1.98. The Labute approximate surface area is 115 Å². The Morgan fingerprint density at radius 1 is 1.00 bits per heavy atom. The molecular weight excluding hydrogens is 240 g/mol. The first-order chi connectivity index (χ1) is 9.36. The molecule has 0 fully saturated rings. The second-order valence-electron chi connectivity index (χ2n) is 4.32. The van der Waals surface area contributed by atoms with Gasteiger partial charge in [0.1, 0.15) is 5.75 Å². The van der Waals surface area contributed by atoms with Gasteiger partial charge in [-0.05, 0) is 17.7 Å². The molecule has 0 aliphatic carbocycles. The van der Waals surface area contributed by atoms with E-state index >= 15 is 0 Å². The molecule has 0 unspecified atom stereocenters. The van der Waals surface area contributed by atoms with Gasteiger partial charge in [0.25, 0.3) is 0 Å². The van der Waals surface area contributed by atoms with Crippen molar-refractivity contribution < 1.29 is 4.74 Å². The molecule has 0 aliphatic rings. The summed E-state index contributed by atoms with van der Waals surface area (Å²) >= 11 is 0. The van der Waals surface area contributed by atoms with Gasteiger partial charge in [0, 0.05) is 45.8 Å². The monoisotopic (exact) mass is 266 g/mol. The van der Waals surface area contributed by atoms with Gasteiger partial charge in [-0.2, -0.15) is 0 Å². The number of nitrogens with two attached hydrogens (primary N) is 1. The number of benzene rings is 1. The van der Waals surface area contributed by atoms with Crippen molar-refractivity contribution in [3.05, 3.63) is 29.8 Å². The van der Waals surface area contributed by atoms with Crippen molar-refractivity contribution in [2.45, 2.75) is 6.54 Å². The van der Waals surface area contributed by atoms with Gasteiger partial charge < -0.3 is 26.4 Å². The third kappa shape index (κ3) is 7.79. The van der Waals surface area contributed by atoms with E-state index < -0.39 is 0 Å². The van der Waals surface area contributed by atoms with Crippen LogP contribution in [0.3, 0.4) is 0 Å². The fourth-order valence-corrected chi connectivity index (χ4v) is 1.72. The summed E-state index contributed by atoms with van der Waals surface area (Å²) < 4.78 is 5.19. The first-order valence-corrected chi connectivity index (χ1v) is 6.82. The molecule has 0 aromatic heterocycles. The van der Waals surface area contributed by atoms with Crippen molar-refractivity contribution in [3.63, 3.8) is 0 Å². The van der Waals surface area contributed by atoms with Gasteiger partial charge in [0.15, 0.2) is 0 Å². The van der Waals surface area contributed by atoms with Crippen LogP contribution in [-0.2, 0) is 6.54 Å². The number of hydrogen-bond donors (Lipinski definition) is 4. The van der Waals surface area contributed by atoms with Crippen LogP contribution in [0.1, 0.15) is 5.56 Å². The molecule has 5 N–H and O–H groups in total. The molecule has 0 saturated carbocycles. The van der Waals surface area contributed by atoms with Crippen LogP contribution in [0, 0.1) is 0 Å². The zero-order chi connectivity index (χ0) is 13.8. The van der Waals surface area contributed by atoms with E-state index in [1.165, 1.54) is 5.56 Å². The predicted molar refractivity (Wildman–Crippen MR) is 79.5 cm³/mol. The maximum atomic E-state index is 5.38. The smallest absolute Gasteiger partial charge is 0.119 e. The van der Waals surface area contributed by atoms with Gasteiger partial charge in [-0.15, -0.1) is 0 Å². The topological polar surface area (TPSA) is 71.3 Å². The van der Waals surface area contributed by atoms with Gasteiger partial charge in [0.2, 0.25) is 0 Å². The molecule has 0 amide bonds. The SMILES string of the molecule is COc1cccc(CNCCNCCNCCN)c1. The van der Waals surface area contributed by atoms with Crippen LogP contribution in [0.2, 0.25) is 0 Å². The fourth-order valence-electron chi connectivity index (χ4n) is 1.72. The lowest BCUT2D eigenvalue weighted by molar-refractivity contribution is 0.414. The summed E-state index contributed by atoms with van der Waals surface area (Å²) in [6, 6.07) is 8.12. The molecule has 0 aliphatic heterocycles. The van der Waals surface area contributed by atoms with Gasteiger partial charge in [-0.3, -0.25) is 0 Å². The Morgan fingerprint density at radius 3 is 2.37 bits per heavy atom. The van der Waals surface area contributed by atoms with E-state index in [4.69, 9.17) is 10.5 Å². The summed E-state index contributed by atoms with van der Waals surface area (Å²) in [4.78, 5) is 0. The second kappa shape index (κ2) is 10.8. The molecule has 0 heterocycles. The highest BCUT2D eigenvalue weighted by atomic mass is 16.5. The fraction of sp³-hybridized carbons (Fsp3) is 0.571. The summed E-state index contributed by atoms with van der Waals surface area (Å²) in [5.74, 6) is 0.906. The molecule has 1 aromatic carbocycles. The van der Waals surface area contributed by atoms with E-state index in [0.29, 0.717) is 6.54 Å². The molecule has 0 atom stereocenters. The van der Waals surface area contributed by atoms with E-state index in [1.54, 1.807) is 7.11 Å². The van der Waals surface area contributed by atoms with E-state index in [2.05, 4.69) is 28.1 Å². The van der Waals surface area contributed by atoms with Crippen LogP contribution >= 0.6 is 0 Å². The highest BCUT2D eigenvalue weighted by Crippen LogP contribution is 2.11. The molecule has 5 heteroatoms. The van der Waals surface area contributed by atoms with Crippen molar-refractivity contribution in [2.24, 2.45) is 5.73 Å². The Morgan fingerprint density at radius 2 is 1.68 bits per heavy atom. The molecule has 19 heavy (non-hydrogen) atoms. The Kier molecular flexibility index (Phi) is 9.01. The second-order valence-corrected chi connectivity index (χ2v) is 4.32.